The number of thiazole rings is 1. The molecule has 0 aliphatic rings. The van der Waals surface area contributed by atoms with Gasteiger partial charge in [0.15, 0.2) is 5.82 Å². The SMILES string of the molecule is COc1cc(-c2cc(-c3cnc(C)s3)n3ncnc(N)c23)ccc1CC(=O)OC(C)(C)C. The molecule has 166 valence electrons. The number of hydrogen-bond acceptors (Lipinski definition) is 8. The molecule has 0 atom stereocenters. The molecular weight excluding hydrogens is 426 g/mol. The number of carbonyl (C=O) groups is 1. The maximum atomic E-state index is 12.3. The highest BCUT2D eigenvalue weighted by Crippen LogP contribution is 2.38. The van der Waals surface area contributed by atoms with Gasteiger partial charge in [-0.25, -0.2) is 14.5 Å². The Hall–Kier alpha value is -3.46. The van der Waals surface area contributed by atoms with E-state index in [1.807, 2.05) is 58.2 Å². The third kappa shape index (κ3) is 4.29. The van der Waals surface area contributed by atoms with Gasteiger partial charge in [-0.3, -0.25) is 4.79 Å². The molecule has 9 heteroatoms. The molecule has 0 aliphatic carbocycles. The zero-order chi connectivity index (χ0) is 23.0. The number of hydrogen-bond donors (Lipinski definition) is 1. The van der Waals surface area contributed by atoms with Crippen LogP contribution in [0.5, 0.6) is 5.75 Å². The number of esters is 1. The van der Waals surface area contributed by atoms with Crippen molar-refractivity contribution < 1.29 is 14.3 Å². The van der Waals surface area contributed by atoms with Crippen molar-refractivity contribution in [3.8, 4) is 27.4 Å². The summed E-state index contributed by atoms with van der Waals surface area (Å²) >= 11 is 1.58. The molecule has 0 saturated carbocycles. The third-order valence-corrected chi connectivity index (χ3v) is 5.74. The van der Waals surface area contributed by atoms with E-state index in [4.69, 9.17) is 15.2 Å². The van der Waals surface area contributed by atoms with Gasteiger partial charge in [0.25, 0.3) is 0 Å². The van der Waals surface area contributed by atoms with Gasteiger partial charge >= 0.3 is 5.97 Å². The van der Waals surface area contributed by atoms with E-state index in [0.717, 1.165) is 32.3 Å². The van der Waals surface area contributed by atoms with Crippen molar-refractivity contribution in [2.45, 2.75) is 39.7 Å². The van der Waals surface area contributed by atoms with E-state index in [2.05, 4.69) is 15.1 Å². The number of fused-ring (bicyclic) bond motifs is 1. The van der Waals surface area contributed by atoms with Crippen molar-refractivity contribution in [3.63, 3.8) is 0 Å². The van der Waals surface area contributed by atoms with Gasteiger partial charge < -0.3 is 15.2 Å². The number of nitrogens with two attached hydrogens (primary N) is 1. The Morgan fingerprint density at radius 2 is 2.00 bits per heavy atom. The summed E-state index contributed by atoms with van der Waals surface area (Å²) in [5, 5.41) is 5.38. The van der Waals surface area contributed by atoms with E-state index < -0.39 is 5.60 Å². The summed E-state index contributed by atoms with van der Waals surface area (Å²) in [6.45, 7) is 7.50. The Morgan fingerprint density at radius 1 is 1.22 bits per heavy atom. The number of methoxy groups -OCH3 is 1. The normalized spacial score (nSPS) is 11.7. The van der Waals surface area contributed by atoms with E-state index in [9.17, 15) is 4.79 Å². The zero-order valence-electron chi connectivity index (χ0n) is 18.7. The summed E-state index contributed by atoms with van der Waals surface area (Å²) in [4.78, 5) is 21.8. The second-order valence-electron chi connectivity index (χ2n) is 8.38. The highest BCUT2D eigenvalue weighted by Gasteiger charge is 2.21. The van der Waals surface area contributed by atoms with E-state index in [-0.39, 0.29) is 12.4 Å². The molecule has 0 unspecified atom stereocenters. The molecule has 3 heterocycles. The lowest BCUT2D eigenvalue weighted by Crippen LogP contribution is -2.25. The number of aryl methyl sites for hydroxylation is 1. The second kappa shape index (κ2) is 8.23. The van der Waals surface area contributed by atoms with Crippen molar-refractivity contribution in [3.05, 3.63) is 47.4 Å². The number of carbonyl (C=O) groups excluding carboxylic acids is 1. The maximum Gasteiger partial charge on any atom is 0.310 e. The van der Waals surface area contributed by atoms with Gasteiger partial charge in [-0.2, -0.15) is 5.10 Å². The molecular formula is C23H25N5O3S. The lowest BCUT2D eigenvalue weighted by Gasteiger charge is -2.20. The van der Waals surface area contributed by atoms with Crippen molar-refractivity contribution in [1.29, 1.82) is 0 Å². The fraction of sp³-hybridized carbons (Fsp3) is 0.304. The first-order valence-corrected chi connectivity index (χ1v) is 10.9. The standard InChI is InChI=1S/C23H25N5O3S/c1-13-25-11-19(32-13)17-10-16(21-22(24)26-12-27-28(17)21)14-6-7-15(18(8-14)30-5)9-20(29)31-23(2,3)4/h6-8,10-12H,9H2,1-5H3,(H2,24,26,27). The highest BCUT2D eigenvalue weighted by atomic mass is 32.1. The molecule has 0 amide bonds. The Bertz CT molecular complexity index is 1300. The predicted molar refractivity (Wildman–Crippen MR) is 125 cm³/mol. The van der Waals surface area contributed by atoms with E-state index in [0.29, 0.717) is 17.1 Å². The molecule has 0 aliphatic heterocycles. The van der Waals surface area contributed by atoms with Gasteiger partial charge in [-0.15, -0.1) is 11.3 Å². The van der Waals surface area contributed by atoms with E-state index in [1.165, 1.54) is 6.33 Å². The van der Waals surface area contributed by atoms with Crippen LogP contribution in [-0.2, 0) is 16.0 Å². The Labute approximate surface area is 190 Å². The smallest absolute Gasteiger partial charge is 0.310 e. The Morgan fingerprint density at radius 3 is 2.66 bits per heavy atom. The average molecular weight is 452 g/mol. The van der Waals surface area contributed by atoms with Crippen molar-refractivity contribution >= 4 is 28.6 Å². The van der Waals surface area contributed by atoms with Crippen LogP contribution in [0.15, 0.2) is 36.8 Å². The van der Waals surface area contributed by atoms with Gasteiger partial charge in [0.05, 0.1) is 29.1 Å². The number of nitrogens with zero attached hydrogens (tertiary/aromatic N) is 4. The van der Waals surface area contributed by atoms with Crippen LogP contribution in [-0.4, -0.2) is 38.3 Å². The van der Waals surface area contributed by atoms with Crippen molar-refractivity contribution in [1.82, 2.24) is 19.6 Å². The number of rotatable bonds is 5. The number of anilines is 1. The summed E-state index contributed by atoms with van der Waals surface area (Å²) in [5.41, 5.74) is 9.77. The molecule has 3 aromatic heterocycles. The van der Waals surface area contributed by atoms with Gasteiger partial charge in [0.1, 0.15) is 23.2 Å². The molecule has 8 nitrogen and oxygen atoms in total. The molecule has 0 saturated heterocycles. The lowest BCUT2D eigenvalue weighted by molar-refractivity contribution is -0.153. The minimum absolute atomic E-state index is 0.119. The number of nitrogen functional groups attached to an aromatic ring is 1. The molecule has 0 radical (unpaired) electrons. The summed E-state index contributed by atoms with van der Waals surface area (Å²) < 4.78 is 12.8. The van der Waals surface area contributed by atoms with Crippen LogP contribution in [0, 0.1) is 6.92 Å². The second-order valence-corrected chi connectivity index (χ2v) is 9.62. The largest absolute Gasteiger partial charge is 0.496 e. The van der Waals surface area contributed by atoms with Gasteiger partial charge in [0, 0.05) is 17.3 Å². The molecule has 4 rings (SSSR count). The van der Waals surface area contributed by atoms with E-state index in [1.54, 1.807) is 23.0 Å². The monoisotopic (exact) mass is 451 g/mol. The van der Waals surface area contributed by atoms with Gasteiger partial charge in [0.2, 0.25) is 0 Å². The maximum absolute atomic E-state index is 12.3. The first-order valence-electron chi connectivity index (χ1n) is 10.1. The van der Waals surface area contributed by atoms with Crippen LogP contribution in [0.2, 0.25) is 0 Å². The Balaban J connectivity index is 1.78. The van der Waals surface area contributed by atoms with Gasteiger partial charge in [-0.1, -0.05) is 12.1 Å². The summed E-state index contributed by atoms with van der Waals surface area (Å²) in [6, 6.07) is 7.72. The number of aromatic nitrogens is 4. The number of ether oxygens (including phenoxy) is 2. The molecule has 32 heavy (non-hydrogen) atoms. The minimum Gasteiger partial charge on any atom is -0.496 e. The lowest BCUT2D eigenvalue weighted by atomic mass is 10.0. The van der Waals surface area contributed by atoms with Crippen LogP contribution in [0.25, 0.3) is 27.2 Å². The first kappa shape index (κ1) is 21.8. The van der Waals surface area contributed by atoms with Crippen molar-refractivity contribution in [2.24, 2.45) is 0 Å². The van der Waals surface area contributed by atoms with Crippen LogP contribution in [0.4, 0.5) is 5.82 Å². The summed E-state index contributed by atoms with van der Waals surface area (Å²) in [5.74, 6) is 0.663. The topological polar surface area (TPSA) is 105 Å². The Kier molecular flexibility index (Phi) is 5.60. The van der Waals surface area contributed by atoms with Crippen LogP contribution < -0.4 is 10.5 Å². The fourth-order valence-corrected chi connectivity index (χ4v) is 4.31. The molecule has 2 N–H and O–H groups in total. The molecule has 1 aromatic carbocycles. The van der Waals surface area contributed by atoms with Gasteiger partial charge in [-0.05, 0) is 45.4 Å². The average Bonchev–Trinajstić information content (AvgIpc) is 3.31. The quantitative estimate of drug-likeness (QED) is 0.451. The first-order chi connectivity index (χ1) is 15.2. The fourth-order valence-electron chi connectivity index (χ4n) is 3.53. The van der Waals surface area contributed by atoms with Crippen LogP contribution in [0.3, 0.4) is 0 Å². The molecule has 0 spiro atoms. The third-order valence-electron chi connectivity index (χ3n) is 4.81. The van der Waals surface area contributed by atoms with E-state index >= 15 is 0 Å². The molecule has 0 fully saturated rings. The summed E-state index contributed by atoms with van der Waals surface area (Å²) in [6.07, 6.45) is 3.39. The highest BCUT2D eigenvalue weighted by molar-refractivity contribution is 7.15. The molecule has 4 aromatic rings. The van der Waals surface area contributed by atoms with Crippen LogP contribution in [0.1, 0.15) is 31.3 Å². The summed E-state index contributed by atoms with van der Waals surface area (Å²) in [7, 11) is 1.58. The number of benzene rings is 1. The molecule has 0 bridgehead atoms. The minimum atomic E-state index is -0.543. The predicted octanol–water partition coefficient (Wildman–Crippen LogP) is 4.30. The van der Waals surface area contributed by atoms with Crippen molar-refractivity contribution in [2.75, 3.05) is 12.8 Å². The van der Waals surface area contributed by atoms with Crippen LogP contribution >= 0.6 is 11.3 Å². The zero-order valence-corrected chi connectivity index (χ0v) is 19.5.